The van der Waals surface area contributed by atoms with Crippen LogP contribution in [0.4, 0.5) is 5.69 Å². The van der Waals surface area contributed by atoms with Crippen LogP contribution < -0.4 is 5.32 Å². The number of imidazole rings is 1. The minimum absolute atomic E-state index is 0. The van der Waals surface area contributed by atoms with Crippen LogP contribution in [-0.4, -0.2) is 21.0 Å². The highest BCUT2D eigenvalue weighted by Gasteiger charge is 1.99. The topological polar surface area (TPSA) is 78.0 Å². The van der Waals surface area contributed by atoms with Crippen LogP contribution in [0.5, 0.6) is 0 Å². The van der Waals surface area contributed by atoms with Gasteiger partial charge in [-0.3, -0.25) is 0 Å². The molecular formula is C13H15Cl2N3O2. The fraction of sp³-hybridized carbons (Fsp3) is 0.0769. The van der Waals surface area contributed by atoms with E-state index in [1.165, 1.54) is 0 Å². The van der Waals surface area contributed by atoms with Crippen LogP contribution in [0, 0.1) is 0 Å². The van der Waals surface area contributed by atoms with E-state index in [2.05, 4.69) is 15.3 Å². The van der Waals surface area contributed by atoms with Gasteiger partial charge in [-0.1, -0.05) is 18.2 Å². The smallest absolute Gasteiger partial charge is 0.328 e. The van der Waals surface area contributed by atoms with Crippen molar-refractivity contribution in [2.24, 2.45) is 0 Å². The van der Waals surface area contributed by atoms with Gasteiger partial charge in [0, 0.05) is 18.0 Å². The molecule has 0 saturated carbocycles. The number of benzene rings is 1. The molecule has 0 atom stereocenters. The largest absolute Gasteiger partial charge is 0.478 e. The van der Waals surface area contributed by atoms with Crippen molar-refractivity contribution in [3.63, 3.8) is 0 Å². The summed E-state index contributed by atoms with van der Waals surface area (Å²) in [5.41, 5.74) is 2.68. The molecule has 2 rings (SSSR count). The van der Waals surface area contributed by atoms with Crippen LogP contribution in [0.15, 0.2) is 42.9 Å². The zero-order valence-electron chi connectivity index (χ0n) is 10.4. The van der Waals surface area contributed by atoms with Crippen LogP contribution in [0.3, 0.4) is 0 Å². The van der Waals surface area contributed by atoms with Gasteiger partial charge in [0.05, 0.1) is 18.6 Å². The van der Waals surface area contributed by atoms with Crippen LogP contribution >= 0.6 is 24.8 Å². The van der Waals surface area contributed by atoms with Crippen molar-refractivity contribution < 1.29 is 9.90 Å². The molecule has 0 spiro atoms. The number of para-hydroxylation sites is 1. The SMILES string of the molecule is Cl.Cl.O=C(O)C=Cc1ccccc1NCc1cnc[nH]1. The molecule has 0 unspecified atom stereocenters. The van der Waals surface area contributed by atoms with Gasteiger partial charge in [-0.2, -0.15) is 0 Å². The maximum Gasteiger partial charge on any atom is 0.328 e. The molecule has 1 heterocycles. The van der Waals surface area contributed by atoms with Gasteiger partial charge >= 0.3 is 5.97 Å². The van der Waals surface area contributed by atoms with Gasteiger partial charge in [0.2, 0.25) is 0 Å². The lowest BCUT2D eigenvalue weighted by molar-refractivity contribution is -0.131. The Balaban J connectivity index is 0.00000180. The molecule has 1 aromatic heterocycles. The molecule has 5 nitrogen and oxygen atoms in total. The number of carbonyl (C=O) groups is 1. The van der Waals surface area contributed by atoms with E-state index in [1.54, 1.807) is 18.6 Å². The molecular weight excluding hydrogens is 301 g/mol. The first-order chi connectivity index (χ1) is 8.75. The number of aromatic nitrogens is 2. The molecule has 0 radical (unpaired) electrons. The fourth-order valence-electron chi connectivity index (χ4n) is 1.54. The molecule has 0 aliphatic heterocycles. The number of hydrogen-bond acceptors (Lipinski definition) is 3. The van der Waals surface area contributed by atoms with E-state index in [-0.39, 0.29) is 24.8 Å². The average Bonchev–Trinajstić information content (AvgIpc) is 2.88. The number of aliphatic carboxylic acids is 1. The Hall–Kier alpha value is -1.98. The summed E-state index contributed by atoms with van der Waals surface area (Å²) < 4.78 is 0. The average molecular weight is 316 g/mol. The maximum atomic E-state index is 10.5. The highest BCUT2D eigenvalue weighted by Crippen LogP contribution is 2.17. The van der Waals surface area contributed by atoms with Gasteiger partial charge in [0.25, 0.3) is 0 Å². The van der Waals surface area contributed by atoms with Crippen molar-refractivity contribution in [2.75, 3.05) is 5.32 Å². The Bertz CT molecular complexity index is 557. The second kappa shape index (κ2) is 9.01. The third-order valence-electron chi connectivity index (χ3n) is 2.39. The van der Waals surface area contributed by atoms with Crippen molar-refractivity contribution in [1.82, 2.24) is 9.97 Å². The van der Waals surface area contributed by atoms with Crippen molar-refractivity contribution in [3.8, 4) is 0 Å². The second-order valence-electron chi connectivity index (χ2n) is 3.69. The first-order valence-corrected chi connectivity index (χ1v) is 5.47. The van der Waals surface area contributed by atoms with Gasteiger partial charge in [-0.15, -0.1) is 24.8 Å². The Morgan fingerprint density at radius 1 is 1.35 bits per heavy atom. The van der Waals surface area contributed by atoms with E-state index in [1.807, 2.05) is 24.3 Å². The van der Waals surface area contributed by atoms with E-state index >= 15 is 0 Å². The predicted molar refractivity (Wildman–Crippen MR) is 83.5 cm³/mol. The zero-order valence-corrected chi connectivity index (χ0v) is 12.1. The van der Waals surface area contributed by atoms with Crippen LogP contribution in [0.1, 0.15) is 11.3 Å². The number of aromatic amines is 1. The minimum Gasteiger partial charge on any atom is -0.478 e. The molecule has 0 aliphatic carbocycles. The lowest BCUT2D eigenvalue weighted by Crippen LogP contribution is -2.01. The first-order valence-electron chi connectivity index (χ1n) is 5.47. The van der Waals surface area contributed by atoms with E-state index in [0.717, 1.165) is 23.0 Å². The molecule has 20 heavy (non-hydrogen) atoms. The van der Waals surface area contributed by atoms with Crippen molar-refractivity contribution in [3.05, 3.63) is 54.1 Å². The van der Waals surface area contributed by atoms with E-state index in [4.69, 9.17) is 5.11 Å². The van der Waals surface area contributed by atoms with Gasteiger partial charge in [0.1, 0.15) is 0 Å². The third-order valence-corrected chi connectivity index (χ3v) is 2.39. The number of nitrogens with zero attached hydrogens (tertiary/aromatic N) is 1. The van der Waals surface area contributed by atoms with Gasteiger partial charge in [-0.25, -0.2) is 9.78 Å². The summed E-state index contributed by atoms with van der Waals surface area (Å²) >= 11 is 0. The molecule has 3 N–H and O–H groups in total. The number of rotatable bonds is 5. The van der Waals surface area contributed by atoms with Gasteiger partial charge < -0.3 is 15.4 Å². The number of anilines is 1. The van der Waals surface area contributed by atoms with Crippen LogP contribution in [0.25, 0.3) is 6.08 Å². The highest BCUT2D eigenvalue weighted by molar-refractivity contribution is 5.86. The van der Waals surface area contributed by atoms with E-state index < -0.39 is 5.97 Å². The molecule has 0 fully saturated rings. The molecule has 1 aromatic carbocycles. The zero-order chi connectivity index (χ0) is 12.8. The standard InChI is InChI=1S/C13H13N3O2.2ClH/c17-13(18)6-5-10-3-1-2-4-12(10)15-8-11-7-14-9-16-11;;/h1-7,9,15H,8H2,(H,14,16)(H,17,18);2*1H. The highest BCUT2D eigenvalue weighted by atomic mass is 35.5. The fourth-order valence-corrected chi connectivity index (χ4v) is 1.54. The van der Waals surface area contributed by atoms with E-state index in [0.29, 0.717) is 6.54 Å². The number of carboxylic acid groups (broad SMARTS) is 1. The molecule has 0 bridgehead atoms. The summed E-state index contributed by atoms with van der Waals surface area (Å²) in [6.07, 6.45) is 6.05. The number of hydrogen-bond donors (Lipinski definition) is 3. The predicted octanol–water partition coefficient (Wildman–Crippen LogP) is 2.96. The Morgan fingerprint density at radius 3 is 2.75 bits per heavy atom. The second-order valence-corrected chi connectivity index (χ2v) is 3.69. The first kappa shape index (κ1) is 18.0. The third kappa shape index (κ3) is 5.34. The monoisotopic (exact) mass is 315 g/mol. The van der Waals surface area contributed by atoms with Crippen LogP contribution in [-0.2, 0) is 11.3 Å². The van der Waals surface area contributed by atoms with Gasteiger partial charge in [0.15, 0.2) is 0 Å². The minimum atomic E-state index is -0.960. The summed E-state index contributed by atoms with van der Waals surface area (Å²) in [6.45, 7) is 0.609. The molecule has 0 aliphatic rings. The number of carboxylic acids is 1. The lowest BCUT2D eigenvalue weighted by atomic mass is 10.1. The quantitative estimate of drug-likeness (QED) is 0.741. The lowest BCUT2D eigenvalue weighted by Gasteiger charge is -2.08. The Kier molecular flexibility index (Phi) is 8.12. The summed E-state index contributed by atoms with van der Waals surface area (Å²) in [6, 6.07) is 7.52. The Labute approximate surface area is 128 Å². The number of H-pyrrole nitrogens is 1. The normalized spacial score (nSPS) is 9.60. The number of halogens is 2. The van der Waals surface area contributed by atoms with Crippen molar-refractivity contribution in [2.45, 2.75) is 6.54 Å². The molecule has 2 aromatic rings. The van der Waals surface area contributed by atoms with E-state index in [9.17, 15) is 4.79 Å². The van der Waals surface area contributed by atoms with Crippen molar-refractivity contribution >= 4 is 42.5 Å². The molecule has 7 heteroatoms. The molecule has 0 saturated heterocycles. The summed E-state index contributed by atoms with van der Waals surface area (Å²) in [5.74, 6) is -0.960. The molecule has 108 valence electrons. The summed E-state index contributed by atoms with van der Waals surface area (Å²) in [7, 11) is 0. The molecule has 0 amide bonds. The summed E-state index contributed by atoms with van der Waals surface area (Å²) in [5, 5.41) is 11.8. The van der Waals surface area contributed by atoms with Gasteiger partial charge in [-0.05, 0) is 17.7 Å². The number of nitrogens with one attached hydrogen (secondary N) is 2. The Morgan fingerprint density at radius 2 is 2.10 bits per heavy atom. The summed E-state index contributed by atoms with van der Waals surface area (Å²) in [4.78, 5) is 17.4. The van der Waals surface area contributed by atoms with Crippen molar-refractivity contribution in [1.29, 1.82) is 0 Å². The van der Waals surface area contributed by atoms with Crippen LogP contribution in [0.2, 0.25) is 0 Å². The maximum absolute atomic E-state index is 10.5.